The molecular formula is C9H9BrOS. The van der Waals surface area contributed by atoms with Gasteiger partial charge >= 0.3 is 0 Å². The molecule has 1 rings (SSSR count). The van der Waals surface area contributed by atoms with Gasteiger partial charge in [-0.05, 0) is 24.6 Å². The third kappa shape index (κ3) is 2.91. The number of hydrogen-bond donors (Lipinski definition) is 0. The predicted molar refractivity (Wildman–Crippen MR) is 57.2 cm³/mol. The number of thiophene rings is 1. The Morgan fingerprint density at radius 3 is 2.75 bits per heavy atom. The summed E-state index contributed by atoms with van der Waals surface area (Å²) in [5, 5.41) is 0.982. The van der Waals surface area contributed by atoms with E-state index in [4.69, 9.17) is 0 Å². The third-order valence-corrected chi connectivity index (χ3v) is 2.76. The first-order valence-corrected chi connectivity index (χ1v) is 5.58. The lowest BCUT2D eigenvalue weighted by atomic mass is 10.3. The molecule has 0 amide bonds. The van der Waals surface area contributed by atoms with Crippen LogP contribution in [0.2, 0.25) is 0 Å². The van der Waals surface area contributed by atoms with Gasteiger partial charge in [-0.15, -0.1) is 11.3 Å². The number of alkyl halides is 1. The van der Waals surface area contributed by atoms with Gasteiger partial charge in [0.1, 0.15) is 0 Å². The lowest BCUT2D eigenvalue weighted by molar-refractivity contribution is 0.112. The Hall–Kier alpha value is -0.410. The number of carbonyl (C=O) groups excluding carboxylic acids is 1. The molecule has 1 aromatic heterocycles. The number of hydrogen-bond acceptors (Lipinski definition) is 2. The van der Waals surface area contributed by atoms with Crippen molar-refractivity contribution in [2.45, 2.75) is 6.42 Å². The van der Waals surface area contributed by atoms with Crippen LogP contribution in [-0.4, -0.2) is 11.6 Å². The highest BCUT2D eigenvalue weighted by Crippen LogP contribution is 2.16. The van der Waals surface area contributed by atoms with Crippen LogP contribution >= 0.6 is 27.3 Å². The molecule has 0 bridgehead atoms. The van der Waals surface area contributed by atoms with Crippen molar-refractivity contribution in [1.29, 1.82) is 0 Å². The Labute approximate surface area is 84.2 Å². The first-order valence-electron chi connectivity index (χ1n) is 3.64. The molecule has 0 saturated heterocycles. The van der Waals surface area contributed by atoms with E-state index >= 15 is 0 Å². The van der Waals surface area contributed by atoms with E-state index in [0.717, 1.165) is 27.8 Å². The SMILES string of the molecule is O=Cc1ccc(C=CCCBr)s1. The second-order valence-corrected chi connectivity index (χ2v) is 4.18. The highest BCUT2D eigenvalue weighted by molar-refractivity contribution is 9.09. The predicted octanol–water partition coefficient (Wildman–Crippen LogP) is 3.36. The number of aldehydes is 1. The van der Waals surface area contributed by atoms with Gasteiger partial charge in [-0.25, -0.2) is 0 Å². The number of allylic oxidation sites excluding steroid dienone is 1. The van der Waals surface area contributed by atoms with Gasteiger partial charge in [-0.2, -0.15) is 0 Å². The van der Waals surface area contributed by atoms with E-state index in [0.29, 0.717) is 0 Å². The molecule has 0 unspecified atom stereocenters. The molecule has 0 aromatic carbocycles. The standard InChI is InChI=1S/C9H9BrOS/c10-6-2-1-3-8-4-5-9(7-11)12-8/h1,3-5,7H,2,6H2. The molecule has 0 saturated carbocycles. The van der Waals surface area contributed by atoms with Crippen LogP contribution in [0.15, 0.2) is 18.2 Å². The van der Waals surface area contributed by atoms with Gasteiger partial charge in [0, 0.05) is 10.2 Å². The smallest absolute Gasteiger partial charge is 0.160 e. The fourth-order valence-corrected chi connectivity index (χ4v) is 1.80. The van der Waals surface area contributed by atoms with Crippen molar-refractivity contribution in [3.05, 3.63) is 28.0 Å². The Morgan fingerprint density at radius 1 is 1.42 bits per heavy atom. The number of rotatable bonds is 4. The van der Waals surface area contributed by atoms with Crippen molar-refractivity contribution in [1.82, 2.24) is 0 Å². The summed E-state index contributed by atoms with van der Waals surface area (Å²) in [5.41, 5.74) is 0. The molecule has 0 spiro atoms. The Kier molecular flexibility index (Phi) is 4.25. The van der Waals surface area contributed by atoms with E-state index in [1.54, 1.807) is 0 Å². The lowest BCUT2D eigenvalue weighted by Crippen LogP contribution is -1.64. The van der Waals surface area contributed by atoms with Crippen molar-refractivity contribution < 1.29 is 4.79 Å². The third-order valence-electron chi connectivity index (χ3n) is 1.32. The zero-order valence-electron chi connectivity index (χ0n) is 6.50. The fourth-order valence-electron chi connectivity index (χ4n) is 0.784. The van der Waals surface area contributed by atoms with Gasteiger partial charge in [0.05, 0.1) is 4.88 Å². The summed E-state index contributed by atoms with van der Waals surface area (Å²) in [6.45, 7) is 0. The fraction of sp³-hybridized carbons (Fsp3) is 0.222. The molecule has 0 aliphatic carbocycles. The number of halogens is 1. The van der Waals surface area contributed by atoms with E-state index in [9.17, 15) is 4.79 Å². The minimum atomic E-state index is 0.786. The quantitative estimate of drug-likeness (QED) is 0.587. The van der Waals surface area contributed by atoms with Crippen LogP contribution < -0.4 is 0 Å². The van der Waals surface area contributed by atoms with Gasteiger partial charge in [0.25, 0.3) is 0 Å². The summed E-state index contributed by atoms with van der Waals surface area (Å²) < 4.78 is 0. The van der Waals surface area contributed by atoms with E-state index in [1.165, 1.54) is 11.3 Å². The molecule has 12 heavy (non-hydrogen) atoms. The van der Waals surface area contributed by atoms with Gasteiger partial charge in [-0.3, -0.25) is 4.79 Å². The highest BCUT2D eigenvalue weighted by atomic mass is 79.9. The second kappa shape index (κ2) is 5.27. The van der Waals surface area contributed by atoms with E-state index in [2.05, 4.69) is 22.0 Å². The summed E-state index contributed by atoms with van der Waals surface area (Å²) in [7, 11) is 0. The van der Waals surface area contributed by atoms with Crippen molar-refractivity contribution in [3.8, 4) is 0 Å². The Balaban J connectivity index is 2.57. The molecule has 0 fully saturated rings. The zero-order chi connectivity index (χ0) is 8.81. The largest absolute Gasteiger partial charge is 0.297 e. The van der Waals surface area contributed by atoms with Gasteiger partial charge in [0.2, 0.25) is 0 Å². The van der Waals surface area contributed by atoms with Crippen LogP contribution in [0.4, 0.5) is 0 Å². The molecule has 0 atom stereocenters. The number of carbonyl (C=O) groups is 1. The maximum absolute atomic E-state index is 10.3. The summed E-state index contributed by atoms with van der Waals surface area (Å²) in [6, 6.07) is 3.80. The van der Waals surface area contributed by atoms with Gasteiger partial charge < -0.3 is 0 Å². The minimum absolute atomic E-state index is 0.786. The molecular weight excluding hydrogens is 236 g/mol. The van der Waals surface area contributed by atoms with Crippen LogP contribution in [0.1, 0.15) is 21.0 Å². The second-order valence-electron chi connectivity index (χ2n) is 2.24. The lowest BCUT2D eigenvalue weighted by Gasteiger charge is -1.82. The molecule has 1 heterocycles. The molecule has 64 valence electrons. The molecule has 1 aromatic rings. The van der Waals surface area contributed by atoms with Gasteiger partial charge in [-0.1, -0.05) is 22.0 Å². The van der Waals surface area contributed by atoms with Crippen molar-refractivity contribution in [2.75, 3.05) is 5.33 Å². The highest BCUT2D eigenvalue weighted by Gasteiger charge is 1.93. The molecule has 3 heteroatoms. The molecule has 1 nitrogen and oxygen atoms in total. The maximum atomic E-state index is 10.3. The Morgan fingerprint density at radius 2 is 2.17 bits per heavy atom. The summed E-state index contributed by atoms with van der Waals surface area (Å²) >= 11 is 4.85. The topological polar surface area (TPSA) is 17.1 Å². The normalized spacial score (nSPS) is 10.8. The first kappa shape index (κ1) is 9.68. The minimum Gasteiger partial charge on any atom is -0.297 e. The van der Waals surface area contributed by atoms with Gasteiger partial charge in [0.15, 0.2) is 6.29 Å². The summed E-state index contributed by atoms with van der Waals surface area (Å²) in [6.07, 6.45) is 6.04. The zero-order valence-corrected chi connectivity index (χ0v) is 8.90. The van der Waals surface area contributed by atoms with Crippen LogP contribution in [0.25, 0.3) is 6.08 Å². The molecule has 0 radical (unpaired) electrons. The van der Waals surface area contributed by atoms with Crippen molar-refractivity contribution >= 4 is 39.6 Å². The van der Waals surface area contributed by atoms with Crippen molar-refractivity contribution in [2.24, 2.45) is 0 Å². The average Bonchev–Trinajstić information content (AvgIpc) is 2.53. The summed E-state index contributed by atoms with van der Waals surface area (Å²) in [4.78, 5) is 12.3. The van der Waals surface area contributed by atoms with Crippen LogP contribution in [-0.2, 0) is 0 Å². The monoisotopic (exact) mass is 244 g/mol. The average molecular weight is 245 g/mol. The van der Waals surface area contributed by atoms with E-state index < -0.39 is 0 Å². The Bertz CT molecular complexity index is 278. The summed E-state index contributed by atoms with van der Waals surface area (Å²) in [5.74, 6) is 0. The molecule has 0 N–H and O–H groups in total. The van der Waals surface area contributed by atoms with E-state index in [-0.39, 0.29) is 0 Å². The van der Waals surface area contributed by atoms with E-state index in [1.807, 2.05) is 18.2 Å². The van der Waals surface area contributed by atoms with Crippen LogP contribution in [0.5, 0.6) is 0 Å². The molecule has 0 aliphatic rings. The van der Waals surface area contributed by atoms with Crippen molar-refractivity contribution in [3.63, 3.8) is 0 Å². The first-order chi connectivity index (χ1) is 5.86. The van der Waals surface area contributed by atoms with Crippen LogP contribution in [0, 0.1) is 0 Å². The van der Waals surface area contributed by atoms with Crippen LogP contribution in [0.3, 0.4) is 0 Å². The maximum Gasteiger partial charge on any atom is 0.160 e. The molecule has 0 aliphatic heterocycles.